The van der Waals surface area contributed by atoms with Gasteiger partial charge in [-0.05, 0) is 69.1 Å². The van der Waals surface area contributed by atoms with Gasteiger partial charge in [0.1, 0.15) is 0 Å². The van der Waals surface area contributed by atoms with Crippen molar-refractivity contribution in [2.45, 2.75) is 88.8 Å². The smallest absolute Gasteiger partial charge is 0.0555 e. The van der Waals surface area contributed by atoms with Crippen molar-refractivity contribution < 1.29 is 5.11 Å². The first-order valence-electron chi connectivity index (χ1n) is 8.71. The van der Waals surface area contributed by atoms with Crippen LogP contribution in [0, 0.1) is 11.3 Å². The van der Waals surface area contributed by atoms with E-state index >= 15 is 0 Å². The molecule has 108 valence electrons. The van der Waals surface area contributed by atoms with Crippen molar-refractivity contribution in [3.8, 4) is 0 Å². The maximum absolute atomic E-state index is 10.2. The number of hydrogen-bond acceptors (Lipinski definition) is 2. The van der Waals surface area contributed by atoms with E-state index in [9.17, 15) is 5.11 Å². The Labute approximate surface area is 117 Å². The van der Waals surface area contributed by atoms with Crippen LogP contribution in [0.3, 0.4) is 0 Å². The van der Waals surface area contributed by atoms with E-state index < -0.39 is 0 Å². The second kappa shape index (κ2) is 4.73. The molecule has 1 N–H and O–H groups in total. The SMILES string of the molecule is OC1CCC2(CCCC2)C(N(CC2CC2)C2CC2)C1. The van der Waals surface area contributed by atoms with Crippen LogP contribution in [-0.2, 0) is 0 Å². The Morgan fingerprint density at radius 1 is 0.947 bits per heavy atom. The average Bonchev–Trinajstić information content (AvgIpc) is 3.31. The van der Waals surface area contributed by atoms with Gasteiger partial charge in [0.25, 0.3) is 0 Å². The normalized spacial score (nSPS) is 38.2. The van der Waals surface area contributed by atoms with Crippen molar-refractivity contribution in [3.63, 3.8) is 0 Å². The first-order chi connectivity index (χ1) is 9.27. The summed E-state index contributed by atoms with van der Waals surface area (Å²) in [5.74, 6) is 0.998. The molecule has 0 aromatic carbocycles. The maximum Gasteiger partial charge on any atom is 0.0555 e. The van der Waals surface area contributed by atoms with Crippen LogP contribution in [0.25, 0.3) is 0 Å². The van der Waals surface area contributed by atoms with Crippen LogP contribution in [-0.4, -0.2) is 34.7 Å². The number of rotatable bonds is 4. The summed E-state index contributed by atoms with van der Waals surface area (Å²) < 4.78 is 0. The zero-order valence-electron chi connectivity index (χ0n) is 12.2. The molecular weight excluding hydrogens is 234 g/mol. The van der Waals surface area contributed by atoms with Gasteiger partial charge in [-0.25, -0.2) is 0 Å². The Morgan fingerprint density at radius 2 is 1.68 bits per heavy atom. The molecule has 4 rings (SSSR count). The number of hydrogen-bond donors (Lipinski definition) is 1. The molecule has 2 atom stereocenters. The topological polar surface area (TPSA) is 23.5 Å². The maximum atomic E-state index is 10.2. The summed E-state index contributed by atoms with van der Waals surface area (Å²) in [6.45, 7) is 1.35. The first-order valence-corrected chi connectivity index (χ1v) is 8.71. The predicted molar refractivity (Wildman–Crippen MR) is 77.0 cm³/mol. The molecule has 4 fully saturated rings. The van der Waals surface area contributed by atoms with Gasteiger partial charge in [0.15, 0.2) is 0 Å². The molecule has 0 aromatic heterocycles. The van der Waals surface area contributed by atoms with Crippen molar-refractivity contribution in [3.05, 3.63) is 0 Å². The summed E-state index contributed by atoms with van der Waals surface area (Å²) in [5, 5.41) is 10.2. The van der Waals surface area contributed by atoms with Crippen molar-refractivity contribution in [2.75, 3.05) is 6.54 Å². The predicted octanol–water partition coefficient (Wildman–Crippen LogP) is 3.33. The summed E-state index contributed by atoms with van der Waals surface area (Å²) in [7, 11) is 0. The zero-order chi connectivity index (χ0) is 12.9. The second-order valence-electron chi connectivity index (χ2n) is 7.88. The third-order valence-electron chi connectivity index (χ3n) is 6.36. The molecule has 0 aromatic rings. The van der Waals surface area contributed by atoms with Gasteiger partial charge in [-0.3, -0.25) is 4.90 Å². The van der Waals surface area contributed by atoms with Gasteiger partial charge >= 0.3 is 0 Å². The van der Waals surface area contributed by atoms with E-state index in [2.05, 4.69) is 4.90 Å². The van der Waals surface area contributed by atoms with Gasteiger partial charge in [0, 0.05) is 18.6 Å². The molecule has 0 bridgehead atoms. The van der Waals surface area contributed by atoms with Crippen LogP contribution in [0.4, 0.5) is 0 Å². The molecule has 2 nitrogen and oxygen atoms in total. The monoisotopic (exact) mass is 263 g/mol. The fourth-order valence-corrected chi connectivity index (χ4v) is 4.93. The molecule has 1 spiro atoms. The molecular formula is C17H29NO. The lowest BCUT2D eigenvalue weighted by Gasteiger charge is -2.49. The molecule has 4 aliphatic carbocycles. The summed E-state index contributed by atoms with van der Waals surface area (Å²) in [5.41, 5.74) is 0.594. The third-order valence-corrected chi connectivity index (χ3v) is 6.36. The molecule has 4 saturated carbocycles. The second-order valence-corrected chi connectivity index (χ2v) is 7.88. The Kier molecular flexibility index (Phi) is 3.15. The van der Waals surface area contributed by atoms with E-state index in [1.807, 2.05) is 0 Å². The molecule has 0 saturated heterocycles. The van der Waals surface area contributed by atoms with Gasteiger partial charge in [-0.15, -0.1) is 0 Å². The standard InChI is InChI=1S/C17H29NO/c19-15-7-10-17(8-1-2-9-17)16(11-15)18(14-5-6-14)12-13-3-4-13/h13-16,19H,1-12H2. The largest absolute Gasteiger partial charge is 0.393 e. The van der Waals surface area contributed by atoms with E-state index in [1.165, 1.54) is 64.3 Å². The number of aliphatic hydroxyl groups excluding tert-OH is 1. The fraction of sp³-hybridized carbons (Fsp3) is 1.00. The highest BCUT2D eigenvalue weighted by Gasteiger charge is 2.50. The molecule has 0 heterocycles. The highest BCUT2D eigenvalue weighted by atomic mass is 16.3. The van der Waals surface area contributed by atoms with Gasteiger partial charge in [0.2, 0.25) is 0 Å². The molecule has 19 heavy (non-hydrogen) atoms. The summed E-state index contributed by atoms with van der Waals surface area (Å²) in [6, 6.07) is 1.60. The number of nitrogens with zero attached hydrogens (tertiary/aromatic N) is 1. The van der Waals surface area contributed by atoms with Crippen LogP contribution >= 0.6 is 0 Å². The molecule has 0 aliphatic heterocycles. The lowest BCUT2D eigenvalue weighted by molar-refractivity contribution is -0.0318. The van der Waals surface area contributed by atoms with Gasteiger partial charge in [-0.1, -0.05) is 12.8 Å². The molecule has 0 radical (unpaired) electrons. The Morgan fingerprint density at radius 3 is 2.32 bits per heavy atom. The minimum absolute atomic E-state index is 0.0170. The molecule has 0 amide bonds. The van der Waals surface area contributed by atoms with Gasteiger partial charge < -0.3 is 5.11 Å². The summed E-state index contributed by atoms with van der Waals surface area (Å²) >= 11 is 0. The zero-order valence-corrected chi connectivity index (χ0v) is 12.2. The first kappa shape index (κ1) is 12.6. The Balaban J connectivity index is 1.55. The van der Waals surface area contributed by atoms with Gasteiger partial charge in [-0.2, -0.15) is 0 Å². The van der Waals surface area contributed by atoms with Crippen LogP contribution < -0.4 is 0 Å². The highest BCUT2D eigenvalue weighted by Crippen LogP contribution is 2.53. The Bertz CT molecular complexity index is 328. The lowest BCUT2D eigenvalue weighted by atomic mass is 9.67. The van der Waals surface area contributed by atoms with E-state index in [1.54, 1.807) is 0 Å². The minimum atomic E-state index is -0.0170. The quantitative estimate of drug-likeness (QED) is 0.841. The van der Waals surface area contributed by atoms with Crippen LogP contribution in [0.2, 0.25) is 0 Å². The summed E-state index contributed by atoms with van der Waals surface area (Å²) in [4.78, 5) is 2.88. The number of aliphatic hydroxyl groups is 1. The summed E-state index contributed by atoms with van der Waals surface area (Å²) in [6.07, 6.45) is 15.0. The van der Waals surface area contributed by atoms with Crippen molar-refractivity contribution in [2.24, 2.45) is 11.3 Å². The Hall–Kier alpha value is -0.0800. The van der Waals surface area contributed by atoms with E-state index in [0.29, 0.717) is 11.5 Å². The minimum Gasteiger partial charge on any atom is -0.393 e. The van der Waals surface area contributed by atoms with E-state index in [-0.39, 0.29) is 6.10 Å². The van der Waals surface area contributed by atoms with Gasteiger partial charge in [0.05, 0.1) is 6.10 Å². The third kappa shape index (κ3) is 2.47. The van der Waals surface area contributed by atoms with E-state index in [0.717, 1.165) is 24.8 Å². The highest BCUT2D eigenvalue weighted by molar-refractivity contribution is 5.04. The van der Waals surface area contributed by atoms with Crippen LogP contribution in [0.15, 0.2) is 0 Å². The fourth-order valence-electron chi connectivity index (χ4n) is 4.93. The average molecular weight is 263 g/mol. The van der Waals surface area contributed by atoms with E-state index in [4.69, 9.17) is 0 Å². The lowest BCUT2D eigenvalue weighted by Crippen LogP contribution is -2.53. The van der Waals surface area contributed by atoms with Crippen molar-refractivity contribution in [1.82, 2.24) is 4.90 Å². The molecule has 4 aliphatic rings. The van der Waals surface area contributed by atoms with Crippen molar-refractivity contribution >= 4 is 0 Å². The molecule has 2 heteroatoms. The molecule has 2 unspecified atom stereocenters. The van der Waals surface area contributed by atoms with Crippen LogP contribution in [0.5, 0.6) is 0 Å². The van der Waals surface area contributed by atoms with Crippen LogP contribution in [0.1, 0.15) is 70.6 Å². The van der Waals surface area contributed by atoms with Crippen molar-refractivity contribution in [1.29, 1.82) is 0 Å².